The molecule has 0 saturated carbocycles. The maximum Gasteiger partial charge on any atom is 0.222 e. The van der Waals surface area contributed by atoms with Crippen molar-refractivity contribution in [3.63, 3.8) is 0 Å². The number of nitrogens with one attached hydrogen (secondary N) is 2. The van der Waals surface area contributed by atoms with Gasteiger partial charge in [0.15, 0.2) is 0 Å². The summed E-state index contributed by atoms with van der Waals surface area (Å²) in [5.41, 5.74) is 0. The van der Waals surface area contributed by atoms with Gasteiger partial charge in [-0.3, -0.25) is 9.59 Å². The van der Waals surface area contributed by atoms with E-state index in [2.05, 4.69) is 10.6 Å². The summed E-state index contributed by atoms with van der Waals surface area (Å²) in [6.07, 6.45) is 2.48. The third-order valence-corrected chi connectivity index (χ3v) is 4.13. The van der Waals surface area contributed by atoms with Crippen molar-refractivity contribution in [3.05, 3.63) is 46.5 Å². The molecule has 0 fully saturated rings. The SMILES string of the molecule is CC(=O)N[C@H](CC(=O)N[C@H](C)Cc1ccco1)c1cccs1. The molecular weight excluding hydrogens is 300 g/mol. The maximum atomic E-state index is 12.2. The Morgan fingerprint density at radius 2 is 2.09 bits per heavy atom. The van der Waals surface area contributed by atoms with Crippen LogP contribution < -0.4 is 10.6 Å². The lowest BCUT2D eigenvalue weighted by atomic mass is 10.1. The molecule has 0 unspecified atom stereocenters. The number of rotatable bonds is 7. The van der Waals surface area contributed by atoms with Crippen LogP contribution in [0.3, 0.4) is 0 Å². The molecule has 2 heterocycles. The van der Waals surface area contributed by atoms with Gasteiger partial charge in [0, 0.05) is 24.3 Å². The van der Waals surface area contributed by atoms with Crippen LogP contribution in [-0.2, 0) is 16.0 Å². The molecular formula is C16H20N2O3S. The van der Waals surface area contributed by atoms with Gasteiger partial charge in [-0.2, -0.15) is 0 Å². The lowest BCUT2D eigenvalue weighted by Crippen LogP contribution is -2.37. The Bertz CT molecular complexity index is 593. The fourth-order valence-corrected chi connectivity index (χ4v) is 3.04. The molecule has 0 aliphatic rings. The van der Waals surface area contributed by atoms with Crippen LogP contribution in [0.15, 0.2) is 40.3 Å². The minimum atomic E-state index is -0.284. The molecule has 0 aliphatic carbocycles. The Kier molecular flexibility index (Phi) is 5.77. The van der Waals surface area contributed by atoms with Gasteiger partial charge in [0.05, 0.1) is 18.7 Å². The Balaban J connectivity index is 1.89. The number of thiophene rings is 1. The van der Waals surface area contributed by atoms with Crippen molar-refractivity contribution >= 4 is 23.2 Å². The lowest BCUT2D eigenvalue weighted by molar-refractivity contribution is -0.123. The minimum absolute atomic E-state index is 0.0278. The van der Waals surface area contributed by atoms with Gasteiger partial charge in [-0.05, 0) is 30.5 Å². The summed E-state index contributed by atoms with van der Waals surface area (Å²) < 4.78 is 5.27. The summed E-state index contributed by atoms with van der Waals surface area (Å²) in [7, 11) is 0. The second kappa shape index (κ2) is 7.79. The first kappa shape index (κ1) is 16.3. The molecule has 0 radical (unpaired) electrons. The average molecular weight is 320 g/mol. The Hall–Kier alpha value is -2.08. The van der Waals surface area contributed by atoms with Crippen LogP contribution in [0.4, 0.5) is 0 Å². The quantitative estimate of drug-likeness (QED) is 0.824. The predicted molar refractivity (Wildman–Crippen MR) is 85.5 cm³/mol. The number of carbonyl (C=O) groups is 2. The fourth-order valence-electron chi connectivity index (χ4n) is 2.26. The van der Waals surface area contributed by atoms with Crippen LogP contribution in [-0.4, -0.2) is 17.9 Å². The van der Waals surface area contributed by atoms with E-state index in [-0.39, 0.29) is 30.3 Å². The second-order valence-corrected chi connectivity index (χ2v) is 6.20. The third-order valence-electron chi connectivity index (χ3n) is 3.15. The molecule has 2 amide bonds. The number of carbonyl (C=O) groups excluding carboxylic acids is 2. The minimum Gasteiger partial charge on any atom is -0.469 e. The first-order valence-corrected chi connectivity index (χ1v) is 8.05. The molecule has 0 saturated heterocycles. The molecule has 0 aromatic carbocycles. The lowest BCUT2D eigenvalue weighted by Gasteiger charge is -2.18. The van der Waals surface area contributed by atoms with E-state index < -0.39 is 0 Å². The normalized spacial score (nSPS) is 13.4. The summed E-state index contributed by atoms with van der Waals surface area (Å²) in [6.45, 7) is 3.39. The molecule has 2 rings (SSSR count). The number of furan rings is 1. The first-order valence-electron chi connectivity index (χ1n) is 7.17. The van der Waals surface area contributed by atoms with Crippen molar-refractivity contribution in [3.8, 4) is 0 Å². The highest BCUT2D eigenvalue weighted by atomic mass is 32.1. The number of hydrogen-bond donors (Lipinski definition) is 2. The van der Waals surface area contributed by atoms with Crippen LogP contribution in [0.25, 0.3) is 0 Å². The fraction of sp³-hybridized carbons (Fsp3) is 0.375. The summed E-state index contributed by atoms with van der Waals surface area (Å²) in [5.74, 6) is 0.602. The molecule has 6 heteroatoms. The average Bonchev–Trinajstić information content (AvgIpc) is 3.09. The number of hydrogen-bond acceptors (Lipinski definition) is 4. The molecule has 2 atom stereocenters. The van der Waals surface area contributed by atoms with Crippen molar-refractivity contribution in [1.82, 2.24) is 10.6 Å². The van der Waals surface area contributed by atoms with Crippen molar-refractivity contribution in [2.45, 2.75) is 38.8 Å². The number of amides is 2. The highest BCUT2D eigenvalue weighted by Gasteiger charge is 2.19. The molecule has 5 nitrogen and oxygen atoms in total. The molecule has 118 valence electrons. The van der Waals surface area contributed by atoms with Gasteiger partial charge in [0.2, 0.25) is 11.8 Å². The third kappa shape index (κ3) is 5.04. The van der Waals surface area contributed by atoms with Crippen LogP contribution in [0, 0.1) is 0 Å². The van der Waals surface area contributed by atoms with Gasteiger partial charge >= 0.3 is 0 Å². The van der Waals surface area contributed by atoms with E-state index in [1.807, 2.05) is 36.6 Å². The zero-order chi connectivity index (χ0) is 15.9. The van der Waals surface area contributed by atoms with Gasteiger partial charge in [0.1, 0.15) is 5.76 Å². The monoisotopic (exact) mass is 320 g/mol. The maximum absolute atomic E-state index is 12.2. The largest absolute Gasteiger partial charge is 0.469 e. The van der Waals surface area contributed by atoms with Crippen LogP contribution in [0.2, 0.25) is 0 Å². The van der Waals surface area contributed by atoms with E-state index >= 15 is 0 Å². The van der Waals surface area contributed by atoms with Crippen LogP contribution in [0.1, 0.15) is 36.9 Å². The van der Waals surface area contributed by atoms with E-state index in [4.69, 9.17) is 4.42 Å². The van der Waals surface area contributed by atoms with E-state index in [0.717, 1.165) is 10.6 Å². The molecule has 2 aromatic rings. The van der Waals surface area contributed by atoms with E-state index in [0.29, 0.717) is 6.42 Å². The highest BCUT2D eigenvalue weighted by Crippen LogP contribution is 2.22. The topological polar surface area (TPSA) is 71.3 Å². The highest BCUT2D eigenvalue weighted by molar-refractivity contribution is 7.10. The smallest absolute Gasteiger partial charge is 0.222 e. The van der Waals surface area contributed by atoms with Gasteiger partial charge in [-0.15, -0.1) is 11.3 Å². The predicted octanol–water partition coefficient (Wildman–Crippen LogP) is 2.66. The molecule has 22 heavy (non-hydrogen) atoms. The summed E-state index contributed by atoms with van der Waals surface area (Å²) >= 11 is 1.53. The van der Waals surface area contributed by atoms with Crippen molar-refractivity contribution < 1.29 is 14.0 Å². The van der Waals surface area contributed by atoms with Crippen molar-refractivity contribution in [2.24, 2.45) is 0 Å². The molecule has 2 aromatic heterocycles. The van der Waals surface area contributed by atoms with Crippen LogP contribution in [0.5, 0.6) is 0 Å². The van der Waals surface area contributed by atoms with E-state index in [1.54, 1.807) is 6.26 Å². The molecule has 0 aliphatic heterocycles. The van der Waals surface area contributed by atoms with E-state index in [1.165, 1.54) is 18.3 Å². The zero-order valence-electron chi connectivity index (χ0n) is 12.7. The first-order chi connectivity index (χ1) is 10.5. The van der Waals surface area contributed by atoms with Gasteiger partial charge < -0.3 is 15.1 Å². The summed E-state index contributed by atoms with van der Waals surface area (Å²) in [4.78, 5) is 24.5. The second-order valence-electron chi connectivity index (χ2n) is 5.22. The molecule has 0 bridgehead atoms. The summed E-state index contributed by atoms with van der Waals surface area (Å²) in [5, 5.41) is 7.69. The van der Waals surface area contributed by atoms with Crippen molar-refractivity contribution in [1.29, 1.82) is 0 Å². The summed E-state index contributed by atoms with van der Waals surface area (Å²) in [6, 6.07) is 7.23. The zero-order valence-corrected chi connectivity index (χ0v) is 13.5. The Labute approximate surface area is 133 Å². The van der Waals surface area contributed by atoms with Gasteiger partial charge in [0.25, 0.3) is 0 Å². The Morgan fingerprint density at radius 1 is 1.27 bits per heavy atom. The Morgan fingerprint density at radius 3 is 2.68 bits per heavy atom. The van der Waals surface area contributed by atoms with Gasteiger partial charge in [-0.25, -0.2) is 0 Å². The molecule has 0 spiro atoms. The van der Waals surface area contributed by atoms with Gasteiger partial charge in [-0.1, -0.05) is 6.07 Å². The standard InChI is InChI=1S/C16H20N2O3S/c1-11(9-13-5-3-7-21-13)17-16(20)10-14(18-12(2)19)15-6-4-8-22-15/h3-8,11,14H,9-10H2,1-2H3,(H,17,20)(H,18,19)/t11-,14-/m1/s1. The van der Waals surface area contributed by atoms with Crippen molar-refractivity contribution in [2.75, 3.05) is 0 Å². The van der Waals surface area contributed by atoms with E-state index in [9.17, 15) is 9.59 Å². The molecule has 2 N–H and O–H groups in total. The van der Waals surface area contributed by atoms with Crippen LogP contribution >= 0.6 is 11.3 Å².